The molecule has 2 aromatic rings. The Morgan fingerprint density at radius 2 is 1.61 bits per heavy atom. The molecule has 200 valence electrons. The van der Waals surface area contributed by atoms with Crippen LogP contribution in [0.25, 0.3) is 17.2 Å². The molecule has 5 aliphatic rings. The number of nitrogens with one attached hydrogen (secondary N) is 1. The van der Waals surface area contributed by atoms with Gasteiger partial charge in [0, 0.05) is 11.8 Å². The summed E-state index contributed by atoms with van der Waals surface area (Å²) in [5.74, 6) is 3.62. The van der Waals surface area contributed by atoms with Crippen LogP contribution in [0.3, 0.4) is 0 Å². The van der Waals surface area contributed by atoms with E-state index in [1.807, 2.05) is 24.3 Å². The lowest BCUT2D eigenvalue weighted by Crippen LogP contribution is -2.49. The molecule has 4 saturated carbocycles. The van der Waals surface area contributed by atoms with Crippen LogP contribution in [0.1, 0.15) is 70.4 Å². The van der Waals surface area contributed by atoms with Crippen LogP contribution in [0.15, 0.2) is 48.2 Å². The van der Waals surface area contributed by atoms with Gasteiger partial charge in [-0.1, -0.05) is 51.1 Å². The van der Waals surface area contributed by atoms with Crippen molar-refractivity contribution in [3.63, 3.8) is 0 Å². The average Bonchev–Trinajstić information content (AvgIpc) is 3.14. The van der Waals surface area contributed by atoms with E-state index in [1.54, 1.807) is 0 Å². The standard InChI is InChI=1S/C32H39NO3SSi/c1-31(2,3)38(4,5)36-28-11-10-24(15-26(28)32-17-20-12-21(18-32)14-22(13-20)19-32)25-9-7-6-8-23(25)16-27-29(34)37-30(35)33-27/h6-11,15-16,20-22H,12-14,17-19H2,1-5H3,(H,33,35). The molecule has 1 N–H and O–H groups in total. The van der Waals surface area contributed by atoms with E-state index in [9.17, 15) is 9.59 Å². The molecule has 1 aliphatic heterocycles. The molecule has 1 saturated heterocycles. The molecule has 4 aliphatic carbocycles. The van der Waals surface area contributed by atoms with Gasteiger partial charge in [-0.05, 0) is 120 Å². The van der Waals surface area contributed by atoms with Crippen molar-refractivity contribution in [3.8, 4) is 16.9 Å². The molecule has 0 unspecified atom stereocenters. The van der Waals surface area contributed by atoms with Gasteiger partial charge in [0.15, 0.2) is 0 Å². The minimum absolute atomic E-state index is 0.124. The highest BCUT2D eigenvalue weighted by molar-refractivity contribution is 8.27. The molecule has 5 fully saturated rings. The van der Waals surface area contributed by atoms with E-state index in [4.69, 9.17) is 4.43 Å². The molecule has 0 spiro atoms. The quantitative estimate of drug-likeness (QED) is 0.302. The first-order valence-electron chi connectivity index (χ1n) is 14.1. The van der Waals surface area contributed by atoms with E-state index in [1.165, 1.54) is 44.1 Å². The Hall–Kier alpha value is -2.31. The number of thioether (sulfide) groups is 1. The maximum absolute atomic E-state index is 12.3. The molecule has 0 radical (unpaired) electrons. The maximum Gasteiger partial charge on any atom is 0.291 e. The third-order valence-electron chi connectivity index (χ3n) is 9.97. The number of benzene rings is 2. The Morgan fingerprint density at radius 1 is 0.974 bits per heavy atom. The van der Waals surface area contributed by atoms with Crippen LogP contribution >= 0.6 is 11.8 Å². The highest BCUT2D eigenvalue weighted by atomic mass is 32.2. The molecule has 38 heavy (non-hydrogen) atoms. The lowest BCUT2D eigenvalue weighted by molar-refractivity contribution is -0.107. The van der Waals surface area contributed by atoms with Crippen molar-refractivity contribution in [1.82, 2.24) is 5.32 Å². The summed E-state index contributed by atoms with van der Waals surface area (Å²) in [6, 6.07) is 15.0. The first kappa shape index (κ1) is 25.9. The van der Waals surface area contributed by atoms with Crippen LogP contribution in [0.5, 0.6) is 5.75 Å². The van der Waals surface area contributed by atoms with E-state index in [0.29, 0.717) is 5.70 Å². The van der Waals surface area contributed by atoms with E-state index >= 15 is 0 Å². The fourth-order valence-electron chi connectivity index (χ4n) is 7.53. The van der Waals surface area contributed by atoms with Gasteiger partial charge in [0.1, 0.15) is 5.75 Å². The van der Waals surface area contributed by atoms with Crippen molar-refractivity contribution in [2.75, 3.05) is 0 Å². The predicted molar refractivity (Wildman–Crippen MR) is 159 cm³/mol. The van der Waals surface area contributed by atoms with Crippen molar-refractivity contribution in [3.05, 3.63) is 59.3 Å². The highest BCUT2D eigenvalue weighted by Gasteiger charge is 2.53. The van der Waals surface area contributed by atoms with Gasteiger partial charge in [0.2, 0.25) is 13.4 Å². The lowest BCUT2D eigenvalue weighted by Gasteiger charge is -2.57. The Labute approximate surface area is 232 Å². The van der Waals surface area contributed by atoms with E-state index in [0.717, 1.165) is 52.0 Å². The van der Waals surface area contributed by atoms with E-state index < -0.39 is 8.32 Å². The van der Waals surface area contributed by atoms with Crippen molar-refractivity contribution in [1.29, 1.82) is 0 Å². The summed E-state index contributed by atoms with van der Waals surface area (Å²) in [4.78, 5) is 24.1. The van der Waals surface area contributed by atoms with Crippen LogP contribution in [0.2, 0.25) is 18.1 Å². The fourth-order valence-corrected chi connectivity index (χ4v) is 9.11. The van der Waals surface area contributed by atoms with Crippen molar-refractivity contribution < 1.29 is 14.0 Å². The summed E-state index contributed by atoms with van der Waals surface area (Å²) in [5.41, 5.74) is 5.11. The molecule has 0 atom stereocenters. The molecule has 6 heteroatoms. The van der Waals surface area contributed by atoms with Gasteiger partial charge in [-0.15, -0.1) is 0 Å². The minimum atomic E-state index is -2.03. The zero-order valence-electron chi connectivity index (χ0n) is 23.2. The summed E-state index contributed by atoms with van der Waals surface area (Å²) < 4.78 is 7.07. The lowest BCUT2D eigenvalue weighted by atomic mass is 9.48. The summed E-state index contributed by atoms with van der Waals surface area (Å²) in [6.07, 6.45) is 9.88. The summed E-state index contributed by atoms with van der Waals surface area (Å²) in [6.45, 7) is 11.6. The second-order valence-electron chi connectivity index (χ2n) is 13.7. The van der Waals surface area contributed by atoms with Crippen LogP contribution in [0, 0.1) is 17.8 Å². The van der Waals surface area contributed by atoms with Crippen LogP contribution < -0.4 is 9.74 Å². The van der Waals surface area contributed by atoms with Crippen LogP contribution in [-0.4, -0.2) is 18.7 Å². The first-order chi connectivity index (χ1) is 17.9. The average molecular weight is 546 g/mol. The Kier molecular flexibility index (Phi) is 6.23. The molecule has 1 heterocycles. The van der Waals surface area contributed by atoms with Crippen molar-refractivity contribution >= 4 is 36.5 Å². The minimum Gasteiger partial charge on any atom is -0.543 e. The monoisotopic (exact) mass is 545 g/mol. The van der Waals surface area contributed by atoms with Crippen molar-refractivity contribution in [2.45, 2.75) is 82.8 Å². The predicted octanol–water partition coefficient (Wildman–Crippen LogP) is 8.53. The van der Waals surface area contributed by atoms with Crippen LogP contribution in [-0.2, 0) is 10.2 Å². The van der Waals surface area contributed by atoms with Gasteiger partial charge in [-0.3, -0.25) is 9.59 Å². The second-order valence-corrected chi connectivity index (χ2v) is 19.4. The van der Waals surface area contributed by atoms with Gasteiger partial charge in [0.05, 0.1) is 5.70 Å². The normalized spacial score (nSPS) is 29.7. The summed E-state index contributed by atoms with van der Waals surface area (Å²) >= 11 is 0.723. The largest absolute Gasteiger partial charge is 0.543 e. The molecule has 4 nitrogen and oxygen atoms in total. The van der Waals surface area contributed by atoms with Gasteiger partial charge in [-0.2, -0.15) is 0 Å². The maximum atomic E-state index is 12.3. The Morgan fingerprint density at radius 3 is 2.18 bits per heavy atom. The topological polar surface area (TPSA) is 55.4 Å². The summed E-state index contributed by atoms with van der Waals surface area (Å²) in [5, 5.41) is 2.29. The second kappa shape index (κ2) is 9.12. The SMILES string of the molecule is CC(C)(C)[Si](C)(C)Oc1ccc(-c2ccccc2C=C2NC(=O)SC2=O)cc1C12CC3CC(CC(C3)C1)C2. The number of amides is 1. The van der Waals surface area contributed by atoms with Gasteiger partial charge in [-0.25, -0.2) is 0 Å². The third-order valence-corrected chi connectivity index (χ3v) is 15.0. The number of hydrogen-bond donors (Lipinski definition) is 1. The number of carbonyl (C=O) groups is 2. The number of hydrogen-bond acceptors (Lipinski definition) is 4. The zero-order valence-corrected chi connectivity index (χ0v) is 25.0. The van der Waals surface area contributed by atoms with Crippen LogP contribution in [0.4, 0.5) is 4.79 Å². The number of carbonyl (C=O) groups excluding carboxylic acids is 2. The Balaban J connectivity index is 1.46. The smallest absolute Gasteiger partial charge is 0.291 e. The van der Waals surface area contributed by atoms with E-state index in [-0.39, 0.29) is 20.8 Å². The summed E-state index contributed by atoms with van der Waals surface area (Å²) in [7, 11) is -2.03. The zero-order chi connectivity index (χ0) is 26.9. The number of rotatable bonds is 5. The molecular formula is C32H39NO3SSi. The fraction of sp³-hybridized carbons (Fsp3) is 0.500. The molecule has 7 rings (SSSR count). The Bertz CT molecular complexity index is 1300. The van der Waals surface area contributed by atoms with E-state index in [2.05, 4.69) is 63.4 Å². The van der Waals surface area contributed by atoms with Gasteiger partial charge < -0.3 is 9.74 Å². The third kappa shape index (κ3) is 4.58. The van der Waals surface area contributed by atoms with Crippen molar-refractivity contribution in [2.24, 2.45) is 17.8 Å². The molecule has 4 bridgehead atoms. The van der Waals surface area contributed by atoms with Gasteiger partial charge >= 0.3 is 0 Å². The molecular weight excluding hydrogens is 507 g/mol. The molecule has 1 amide bonds. The molecule has 2 aromatic carbocycles. The highest BCUT2D eigenvalue weighted by Crippen LogP contribution is 2.62. The molecule has 0 aromatic heterocycles. The first-order valence-corrected chi connectivity index (χ1v) is 17.8. The van der Waals surface area contributed by atoms with Gasteiger partial charge in [0.25, 0.3) is 5.24 Å².